The zero-order chi connectivity index (χ0) is 23.2. The molecule has 2 heterocycles. The molecule has 172 valence electrons. The van der Waals surface area contributed by atoms with Gasteiger partial charge in [0.25, 0.3) is 5.91 Å². The Balaban J connectivity index is 1.37. The highest BCUT2D eigenvalue weighted by Crippen LogP contribution is 2.15. The maximum Gasteiger partial charge on any atom is 0.270 e. The Bertz CT molecular complexity index is 1100. The number of para-hydroxylation sites is 1. The predicted molar refractivity (Wildman–Crippen MR) is 131 cm³/mol. The monoisotopic (exact) mass is 444 g/mol. The molecular weight excluding hydrogens is 412 g/mol. The normalized spacial score (nSPS) is 17.2. The number of rotatable bonds is 8. The van der Waals surface area contributed by atoms with E-state index < -0.39 is 6.04 Å². The summed E-state index contributed by atoms with van der Waals surface area (Å²) >= 11 is 0. The molecule has 6 nitrogen and oxygen atoms in total. The second-order valence-corrected chi connectivity index (χ2v) is 9.26. The van der Waals surface area contributed by atoms with Gasteiger partial charge in [-0.3, -0.25) is 14.5 Å². The van der Waals surface area contributed by atoms with Crippen LogP contribution in [0.3, 0.4) is 0 Å². The summed E-state index contributed by atoms with van der Waals surface area (Å²) in [6, 6.07) is 21.1. The van der Waals surface area contributed by atoms with Gasteiger partial charge in [0.1, 0.15) is 11.7 Å². The highest BCUT2D eigenvalue weighted by molar-refractivity contribution is 5.97. The molecule has 2 atom stereocenters. The van der Waals surface area contributed by atoms with Crippen molar-refractivity contribution in [2.75, 3.05) is 13.1 Å². The molecule has 0 saturated carbocycles. The van der Waals surface area contributed by atoms with E-state index in [9.17, 15) is 9.59 Å². The fourth-order valence-corrected chi connectivity index (χ4v) is 4.37. The summed E-state index contributed by atoms with van der Waals surface area (Å²) in [5, 5.41) is 7.08. The van der Waals surface area contributed by atoms with Crippen LogP contribution >= 0.6 is 0 Å². The number of carbonyl (C=O) groups excluding carboxylic acids is 2. The van der Waals surface area contributed by atoms with Crippen LogP contribution < -0.4 is 10.6 Å². The molecule has 0 aliphatic carbocycles. The number of nitrogens with one attached hydrogen (secondary N) is 2. The molecule has 6 heteroatoms. The molecule has 0 spiro atoms. The number of likely N-dealkylation sites (tertiary alicyclic amines) is 1. The van der Waals surface area contributed by atoms with E-state index >= 15 is 0 Å². The molecule has 2 amide bonds. The fourth-order valence-electron chi connectivity index (χ4n) is 4.37. The van der Waals surface area contributed by atoms with Gasteiger partial charge >= 0.3 is 0 Å². The van der Waals surface area contributed by atoms with Crippen molar-refractivity contribution in [2.45, 2.75) is 45.3 Å². The molecule has 33 heavy (non-hydrogen) atoms. The van der Waals surface area contributed by atoms with Crippen molar-refractivity contribution in [3.05, 3.63) is 78.0 Å². The number of hydrogen-bond donors (Lipinski definition) is 2. The van der Waals surface area contributed by atoms with E-state index in [0.717, 1.165) is 37.0 Å². The highest BCUT2D eigenvalue weighted by atomic mass is 16.2. The number of benzene rings is 2. The minimum Gasteiger partial charge on any atom is -0.350 e. The topological polar surface area (TPSA) is 74.3 Å². The van der Waals surface area contributed by atoms with Gasteiger partial charge in [0.15, 0.2) is 0 Å². The second kappa shape index (κ2) is 10.6. The molecule has 0 bridgehead atoms. The average molecular weight is 445 g/mol. The van der Waals surface area contributed by atoms with Gasteiger partial charge in [0, 0.05) is 31.1 Å². The standard InChI is InChI=1S/C27H32N4O2/c1-19(2)16-25(30-26(32)24-13-12-21-10-6-7-11-23(21)29-24)27(33)28-22-14-15-31(18-22)17-20-8-4-3-5-9-20/h3-13,19,22,25H,14-18H2,1-2H3,(H,28,33)(H,30,32). The molecule has 4 rings (SSSR count). The zero-order valence-corrected chi connectivity index (χ0v) is 19.3. The van der Waals surface area contributed by atoms with Crippen LogP contribution in [0.15, 0.2) is 66.7 Å². The fraction of sp³-hybridized carbons (Fsp3) is 0.370. The first kappa shape index (κ1) is 22.9. The molecule has 1 saturated heterocycles. The summed E-state index contributed by atoms with van der Waals surface area (Å²) in [6.45, 7) is 6.75. The molecule has 2 unspecified atom stereocenters. The first-order chi connectivity index (χ1) is 16.0. The van der Waals surface area contributed by atoms with Crippen LogP contribution in [0.2, 0.25) is 0 Å². The minimum absolute atomic E-state index is 0.0894. The van der Waals surface area contributed by atoms with E-state index in [1.807, 2.05) is 48.5 Å². The van der Waals surface area contributed by atoms with E-state index in [1.165, 1.54) is 5.56 Å². The summed E-state index contributed by atoms with van der Waals surface area (Å²) in [7, 11) is 0. The van der Waals surface area contributed by atoms with Crippen molar-refractivity contribution in [3.8, 4) is 0 Å². The van der Waals surface area contributed by atoms with Gasteiger partial charge in [0.05, 0.1) is 5.52 Å². The van der Waals surface area contributed by atoms with E-state index in [4.69, 9.17) is 0 Å². The van der Waals surface area contributed by atoms with Crippen molar-refractivity contribution >= 4 is 22.7 Å². The number of pyridine rings is 1. The molecule has 1 aliphatic heterocycles. The number of hydrogen-bond acceptors (Lipinski definition) is 4. The summed E-state index contributed by atoms with van der Waals surface area (Å²) in [5.41, 5.74) is 2.36. The third kappa shape index (κ3) is 6.17. The lowest BCUT2D eigenvalue weighted by molar-refractivity contribution is -0.124. The van der Waals surface area contributed by atoms with Gasteiger partial charge in [0.2, 0.25) is 5.91 Å². The molecule has 1 aromatic heterocycles. The Labute approximate surface area is 195 Å². The van der Waals surface area contributed by atoms with Gasteiger partial charge in [-0.25, -0.2) is 4.98 Å². The van der Waals surface area contributed by atoms with Crippen LogP contribution in [-0.4, -0.2) is 46.9 Å². The first-order valence-corrected chi connectivity index (χ1v) is 11.7. The Morgan fingerprint density at radius 1 is 1.03 bits per heavy atom. The van der Waals surface area contributed by atoms with Crippen molar-refractivity contribution in [1.82, 2.24) is 20.5 Å². The van der Waals surface area contributed by atoms with Crippen LogP contribution in [0.25, 0.3) is 10.9 Å². The first-order valence-electron chi connectivity index (χ1n) is 11.7. The largest absolute Gasteiger partial charge is 0.350 e. The van der Waals surface area contributed by atoms with E-state index in [2.05, 4.69) is 46.5 Å². The van der Waals surface area contributed by atoms with Crippen LogP contribution in [-0.2, 0) is 11.3 Å². The van der Waals surface area contributed by atoms with Crippen LogP contribution in [0, 0.1) is 5.92 Å². The number of fused-ring (bicyclic) bond motifs is 1. The van der Waals surface area contributed by atoms with Crippen LogP contribution in [0.5, 0.6) is 0 Å². The molecular formula is C27H32N4O2. The van der Waals surface area contributed by atoms with Crippen molar-refractivity contribution in [3.63, 3.8) is 0 Å². The predicted octanol–water partition coefficient (Wildman–Crippen LogP) is 3.77. The van der Waals surface area contributed by atoms with Gasteiger partial charge in [-0.1, -0.05) is 68.4 Å². The lowest BCUT2D eigenvalue weighted by Crippen LogP contribution is -2.50. The van der Waals surface area contributed by atoms with Crippen LogP contribution in [0.1, 0.15) is 42.7 Å². The number of nitrogens with zero attached hydrogens (tertiary/aromatic N) is 2. The summed E-state index contributed by atoms with van der Waals surface area (Å²) in [5.74, 6) is -0.174. The number of amides is 2. The maximum atomic E-state index is 13.1. The van der Waals surface area contributed by atoms with Crippen LogP contribution in [0.4, 0.5) is 0 Å². The van der Waals surface area contributed by atoms with E-state index in [-0.39, 0.29) is 23.8 Å². The smallest absolute Gasteiger partial charge is 0.270 e. The summed E-state index contributed by atoms with van der Waals surface area (Å²) in [6.07, 6.45) is 1.48. The van der Waals surface area contributed by atoms with E-state index in [1.54, 1.807) is 6.07 Å². The molecule has 1 fully saturated rings. The molecule has 2 aromatic carbocycles. The van der Waals surface area contributed by atoms with E-state index in [0.29, 0.717) is 12.1 Å². The Morgan fingerprint density at radius 2 is 1.79 bits per heavy atom. The highest BCUT2D eigenvalue weighted by Gasteiger charge is 2.28. The van der Waals surface area contributed by atoms with Gasteiger partial charge in [-0.15, -0.1) is 0 Å². The SMILES string of the molecule is CC(C)CC(NC(=O)c1ccc2ccccc2n1)C(=O)NC1CCN(Cc2ccccc2)C1. The average Bonchev–Trinajstić information content (AvgIpc) is 3.25. The number of carbonyl (C=O) groups is 2. The van der Waals surface area contributed by atoms with Gasteiger partial charge in [-0.2, -0.15) is 0 Å². The summed E-state index contributed by atoms with van der Waals surface area (Å²) in [4.78, 5) is 32.9. The zero-order valence-electron chi connectivity index (χ0n) is 19.3. The van der Waals surface area contributed by atoms with Crippen molar-refractivity contribution in [1.29, 1.82) is 0 Å². The quantitative estimate of drug-likeness (QED) is 0.555. The molecule has 1 aliphatic rings. The number of aromatic nitrogens is 1. The Morgan fingerprint density at radius 3 is 2.58 bits per heavy atom. The molecule has 2 N–H and O–H groups in total. The van der Waals surface area contributed by atoms with Gasteiger partial charge < -0.3 is 10.6 Å². The Kier molecular flexibility index (Phi) is 7.35. The molecule has 3 aromatic rings. The minimum atomic E-state index is -0.589. The molecule has 0 radical (unpaired) electrons. The lowest BCUT2D eigenvalue weighted by Gasteiger charge is -2.23. The maximum absolute atomic E-state index is 13.1. The second-order valence-electron chi connectivity index (χ2n) is 9.26. The third-order valence-electron chi connectivity index (χ3n) is 6.03. The van der Waals surface area contributed by atoms with Gasteiger partial charge in [-0.05, 0) is 36.5 Å². The van der Waals surface area contributed by atoms with Crippen molar-refractivity contribution < 1.29 is 9.59 Å². The third-order valence-corrected chi connectivity index (χ3v) is 6.03. The summed E-state index contributed by atoms with van der Waals surface area (Å²) < 4.78 is 0. The van der Waals surface area contributed by atoms with Crippen molar-refractivity contribution in [2.24, 2.45) is 5.92 Å². The Hall–Kier alpha value is -3.25. The lowest BCUT2D eigenvalue weighted by atomic mass is 10.0.